The van der Waals surface area contributed by atoms with Crippen LogP contribution in [0, 0.1) is 5.92 Å². The number of piperidine rings is 1. The standard InChI is InChI=1S/C29H38N2O4/c1-21(2)19-31(27(34)23-9-6-5-7-10-23)25-13-14-29(35-22(3)32)20-30(4)16-15-28(29,18-25)24-11-8-12-26(33)17-24/h5-12,17,21,25,33H,13-16,18-20H2,1-4H3. The smallest absolute Gasteiger partial charge is 0.303 e. The Morgan fingerprint density at radius 1 is 1.14 bits per heavy atom. The highest BCUT2D eigenvalue weighted by atomic mass is 16.6. The van der Waals surface area contributed by atoms with Crippen molar-refractivity contribution in [2.75, 3.05) is 26.7 Å². The summed E-state index contributed by atoms with van der Waals surface area (Å²) in [6.07, 6.45) is 2.88. The number of hydrogen-bond acceptors (Lipinski definition) is 5. The quantitative estimate of drug-likeness (QED) is 0.614. The number of esters is 1. The lowest BCUT2D eigenvalue weighted by Gasteiger charge is -2.60. The number of amides is 1. The van der Waals surface area contributed by atoms with Gasteiger partial charge < -0.3 is 19.6 Å². The number of aromatic hydroxyl groups is 1. The zero-order valence-corrected chi connectivity index (χ0v) is 21.4. The van der Waals surface area contributed by atoms with Gasteiger partial charge in [-0.3, -0.25) is 9.59 Å². The van der Waals surface area contributed by atoms with Crippen molar-refractivity contribution >= 4 is 11.9 Å². The summed E-state index contributed by atoms with van der Waals surface area (Å²) in [4.78, 5) is 30.4. The van der Waals surface area contributed by atoms with Crippen LogP contribution in [0.2, 0.25) is 0 Å². The van der Waals surface area contributed by atoms with Crippen LogP contribution in [0.5, 0.6) is 5.75 Å². The fourth-order valence-corrected chi connectivity index (χ4v) is 6.38. The third-order valence-electron chi connectivity index (χ3n) is 7.81. The van der Waals surface area contributed by atoms with Gasteiger partial charge >= 0.3 is 5.97 Å². The lowest BCUT2D eigenvalue weighted by atomic mass is 9.55. The Morgan fingerprint density at radius 3 is 2.54 bits per heavy atom. The van der Waals surface area contributed by atoms with E-state index >= 15 is 0 Å². The number of likely N-dealkylation sites (tertiary alicyclic amines) is 1. The van der Waals surface area contributed by atoms with Crippen molar-refractivity contribution in [3.8, 4) is 5.75 Å². The molecule has 2 aromatic rings. The topological polar surface area (TPSA) is 70.1 Å². The van der Waals surface area contributed by atoms with Gasteiger partial charge in [-0.05, 0) is 75.0 Å². The first-order chi connectivity index (χ1) is 16.7. The molecule has 0 bridgehead atoms. The second kappa shape index (κ2) is 10.0. The minimum absolute atomic E-state index is 0.000422. The first-order valence-corrected chi connectivity index (χ1v) is 12.7. The molecule has 4 rings (SSSR count). The van der Waals surface area contributed by atoms with Gasteiger partial charge in [-0.25, -0.2) is 0 Å². The van der Waals surface area contributed by atoms with E-state index in [-0.39, 0.29) is 23.7 Å². The van der Waals surface area contributed by atoms with E-state index in [2.05, 4.69) is 25.8 Å². The van der Waals surface area contributed by atoms with E-state index in [1.54, 1.807) is 6.07 Å². The summed E-state index contributed by atoms with van der Waals surface area (Å²) in [5.74, 6) is 0.275. The summed E-state index contributed by atoms with van der Waals surface area (Å²) < 4.78 is 6.24. The van der Waals surface area contributed by atoms with Gasteiger partial charge in [0.15, 0.2) is 0 Å². The lowest BCUT2D eigenvalue weighted by molar-refractivity contribution is -0.187. The van der Waals surface area contributed by atoms with Gasteiger partial charge in [0.05, 0.1) is 0 Å². The molecule has 2 aromatic carbocycles. The number of carbonyl (C=O) groups excluding carboxylic acids is 2. The molecule has 1 N–H and O–H groups in total. The molecule has 6 nitrogen and oxygen atoms in total. The van der Waals surface area contributed by atoms with Crippen LogP contribution in [0.15, 0.2) is 54.6 Å². The zero-order chi connectivity index (χ0) is 25.2. The van der Waals surface area contributed by atoms with E-state index in [1.807, 2.05) is 53.4 Å². The molecule has 1 amide bonds. The SMILES string of the molecule is CC(=O)OC12CCC(N(CC(C)C)C(=O)c3ccccc3)CC1(c1cccc(O)c1)CCN(C)C2. The highest BCUT2D eigenvalue weighted by molar-refractivity contribution is 5.94. The van der Waals surface area contributed by atoms with E-state index in [0.717, 1.165) is 24.9 Å². The van der Waals surface area contributed by atoms with Gasteiger partial charge in [-0.2, -0.15) is 0 Å². The third kappa shape index (κ3) is 4.94. The van der Waals surface area contributed by atoms with Crippen molar-refractivity contribution in [3.05, 3.63) is 65.7 Å². The molecule has 2 fully saturated rings. The van der Waals surface area contributed by atoms with E-state index in [9.17, 15) is 14.7 Å². The number of fused-ring (bicyclic) bond motifs is 1. The molecule has 1 heterocycles. The molecular formula is C29H38N2O4. The van der Waals surface area contributed by atoms with Crippen molar-refractivity contribution in [3.63, 3.8) is 0 Å². The molecule has 0 aromatic heterocycles. The summed E-state index contributed by atoms with van der Waals surface area (Å²) in [5.41, 5.74) is 0.460. The molecule has 1 saturated carbocycles. The lowest BCUT2D eigenvalue weighted by Crippen LogP contribution is -2.68. The molecule has 1 aliphatic heterocycles. The molecule has 1 saturated heterocycles. The van der Waals surface area contributed by atoms with Crippen LogP contribution in [0.4, 0.5) is 0 Å². The van der Waals surface area contributed by atoms with Crippen molar-refractivity contribution in [1.82, 2.24) is 9.80 Å². The maximum absolute atomic E-state index is 13.7. The van der Waals surface area contributed by atoms with Gasteiger partial charge in [0, 0.05) is 37.0 Å². The van der Waals surface area contributed by atoms with Gasteiger partial charge in [0.25, 0.3) is 5.91 Å². The predicted molar refractivity (Wildman–Crippen MR) is 136 cm³/mol. The molecule has 188 valence electrons. The first kappa shape index (κ1) is 25.2. The number of benzene rings is 2. The van der Waals surface area contributed by atoms with Gasteiger partial charge in [0.2, 0.25) is 0 Å². The molecule has 2 aliphatic rings. The number of carbonyl (C=O) groups is 2. The maximum Gasteiger partial charge on any atom is 0.303 e. The number of rotatable bonds is 6. The molecule has 0 spiro atoms. The highest BCUT2D eigenvalue weighted by Gasteiger charge is 2.61. The second-order valence-electron chi connectivity index (χ2n) is 10.8. The Labute approximate surface area is 208 Å². The summed E-state index contributed by atoms with van der Waals surface area (Å²) in [7, 11) is 2.06. The Morgan fingerprint density at radius 2 is 1.89 bits per heavy atom. The largest absolute Gasteiger partial charge is 0.508 e. The van der Waals surface area contributed by atoms with Crippen LogP contribution in [0.3, 0.4) is 0 Å². The number of nitrogens with zero attached hydrogens (tertiary/aromatic N) is 2. The summed E-state index contributed by atoms with van der Waals surface area (Å²) >= 11 is 0. The van der Waals surface area contributed by atoms with Gasteiger partial charge in [-0.15, -0.1) is 0 Å². The van der Waals surface area contributed by atoms with Crippen LogP contribution < -0.4 is 0 Å². The minimum atomic E-state index is -0.713. The Bertz CT molecular complexity index is 1060. The maximum atomic E-state index is 13.7. The van der Waals surface area contributed by atoms with Crippen molar-refractivity contribution in [2.45, 2.75) is 63.5 Å². The summed E-state index contributed by atoms with van der Waals surface area (Å²) in [6.45, 7) is 7.89. The van der Waals surface area contributed by atoms with E-state index in [4.69, 9.17) is 4.74 Å². The van der Waals surface area contributed by atoms with Crippen molar-refractivity contribution in [1.29, 1.82) is 0 Å². The molecule has 6 heteroatoms. The van der Waals surface area contributed by atoms with Crippen molar-refractivity contribution in [2.24, 2.45) is 5.92 Å². The number of ether oxygens (including phenoxy) is 1. The van der Waals surface area contributed by atoms with Gasteiger partial charge in [-0.1, -0.05) is 44.2 Å². The predicted octanol–water partition coefficient (Wildman–Crippen LogP) is 4.62. The normalized spacial score (nSPS) is 26.7. The van der Waals surface area contributed by atoms with E-state index < -0.39 is 11.0 Å². The average Bonchev–Trinajstić information content (AvgIpc) is 2.82. The highest BCUT2D eigenvalue weighted by Crippen LogP contribution is 2.54. The Hall–Kier alpha value is -2.86. The van der Waals surface area contributed by atoms with Crippen LogP contribution >= 0.6 is 0 Å². The first-order valence-electron chi connectivity index (χ1n) is 12.7. The molecule has 0 radical (unpaired) electrons. The molecule has 1 aliphatic carbocycles. The summed E-state index contributed by atoms with van der Waals surface area (Å²) in [5, 5.41) is 10.4. The average molecular weight is 479 g/mol. The van der Waals surface area contributed by atoms with Crippen LogP contribution in [-0.4, -0.2) is 65.1 Å². The second-order valence-corrected chi connectivity index (χ2v) is 10.8. The summed E-state index contributed by atoms with van der Waals surface area (Å²) in [6, 6.07) is 16.9. The van der Waals surface area contributed by atoms with Crippen molar-refractivity contribution < 1.29 is 19.4 Å². The van der Waals surface area contributed by atoms with Gasteiger partial charge in [0.1, 0.15) is 11.4 Å². The fourth-order valence-electron chi connectivity index (χ4n) is 6.38. The molecular weight excluding hydrogens is 440 g/mol. The minimum Gasteiger partial charge on any atom is -0.508 e. The third-order valence-corrected chi connectivity index (χ3v) is 7.81. The Balaban J connectivity index is 1.79. The Kier molecular flexibility index (Phi) is 7.22. The van der Waals surface area contributed by atoms with E-state index in [1.165, 1.54) is 6.92 Å². The fraction of sp³-hybridized carbons (Fsp3) is 0.517. The molecule has 35 heavy (non-hydrogen) atoms. The number of hydrogen-bond donors (Lipinski definition) is 1. The monoisotopic (exact) mass is 478 g/mol. The van der Waals surface area contributed by atoms with E-state index in [0.29, 0.717) is 37.4 Å². The number of phenols is 1. The number of phenolic OH excluding ortho intramolecular Hbond substituents is 1. The van der Waals surface area contributed by atoms with Crippen LogP contribution in [0.25, 0.3) is 0 Å². The molecule has 3 atom stereocenters. The van der Waals surface area contributed by atoms with Crippen LogP contribution in [-0.2, 0) is 14.9 Å². The zero-order valence-electron chi connectivity index (χ0n) is 21.4. The van der Waals surface area contributed by atoms with Crippen LogP contribution in [0.1, 0.15) is 62.4 Å². The number of likely N-dealkylation sites (N-methyl/N-ethyl adjacent to an activating group) is 1. The molecule has 3 unspecified atom stereocenters.